The number of rotatable bonds is 4. The van der Waals surface area contributed by atoms with Crippen LogP contribution in [0.3, 0.4) is 0 Å². The molecule has 7 nitrogen and oxygen atoms in total. The van der Waals surface area contributed by atoms with Crippen molar-refractivity contribution in [2.75, 3.05) is 16.3 Å². The summed E-state index contributed by atoms with van der Waals surface area (Å²) in [5, 5.41) is 2.89. The maximum atomic E-state index is 12.5. The Morgan fingerprint density at radius 3 is 2.54 bits per heavy atom. The highest BCUT2D eigenvalue weighted by Gasteiger charge is 2.14. The molecule has 0 aliphatic rings. The number of thiazole rings is 1. The van der Waals surface area contributed by atoms with Crippen molar-refractivity contribution in [1.82, 2.24) is 4.57 Å². The zero-order valence-corrected chi connectivity index (χ0v) is 16.1. The van der Waals surface area contributed by atoms with Crippen LogP contribution >= 0.6 is 22.9 Å². The van der Waals surface area contributed by atoms with Gasteiger partial charge in [0.1, 0.15) is 0 Å². The number of amides is 1. The summed E-state index contributed by atoms with van der Waals surface area (Å²) in [6.07, 6.45) is 1.02. The molecule has 0 radical (unpaired) electrons. The van der Waals surface area contributed by atoms with Crippen LogP contribution in [0.5, 0.6) is 0 Å². The fraction of sp³-hybridized carbons (Fsp3) is 0.125. The quantitative estimate of drug-likeness (QED) is 0.689. The zero-order chi connectivity index (χ0) is 19.1. The van der Waals surface area contributed by atoms with Gasteiger partial charge in [-0.15, -0.1) is 0 Å². The summed E-state index contributed by atoms with van der Waals surface area (Å²) in [7, 11) is -1.79. The molecule has 0 spiro atoms. The van der Waals surface area contributed by atoms with Crippen molar-refractivity contribution in [3.8, 4) is 0 Å². The molecule has 3 rings (SSSR count). The molecule has 2 N–H and O–H groups in total. The zero-order valence-electron chi connectivity index (χ0n) is 13.7. The van der Waals surface area contributed by atoms with Crippen molar-refractivity contribution in [3.05, 3.63) is 56.7 Å². The summed E-state index contributed by atoms with van der Waals surface area (Å²) in [5.74, 6) is -0.491. The van der Waals surface area contributed by atoms with Crippen LogP contribution in [-0.4, -0.2) is 25.1 Å². The van der Waals surface area contributed by atoms with E-state index < -0.39 is 15.9 Å². The summed E-state index contributed by atoms with van der Waals surface area (Å²) in [6.45, 7) is 0. The Hall–Kier alpha value is -2.36. The maximum absolute atomic E-state index is 12.5. The number of benzene rings is 2. The lowest BCUT2D eigenvalue weighted by Crippen LogP contribution is -2.14. The van der Waals surface area contributed by atoms with Gasteiger partial charge in [-0.25, -0.2) is 8.42 Å². The van der Waals surface area contributed by atoms with Gasteiger partial charge >= 0.3 is 4.87 Å². The highest BCUT2D eigenvalue weighted by Crippen LogP contribution is 2.25. The number of aromatic nitrogens is 1. The van der Waals surface area contributed by atoms with Gasteiger partial charge in [0, 0.05) is 18.4 Å². The van der Waals surface area contributed by atoms with E-state index in [1.807, 2.05) is 0 Å². The van der Waals surface area contributed by atoms with E-state index in [-0.39, 0.29) is 21.1 Å². The Bertz CT molecular complexity index is 1180. The fourth-order valence-corrected chi connectivity index (χ4v) is 4.06. The highest BCUT2D eigenvalue weighted by atomic mass is 35.5. The minimum atomic E-state index is -3.47. The predicted octanol–water partition coefficient (Wildman–Crippen LogP) is 2.88. The number of carbonyl (C=O) groups is 1. The van der Waals surface area contributed by atoms with E-state index in [1.165, 1.54) is 22.8 Å². The van der Waals surface area contributed by atoms with E-state index in [0.717, 1.165) is 27.8 Å². The van der Waals surface area contributed by atoms with Gasteiger partial charge in [-0.2, -0.15) is 0 Å². The summed E-state index contributed by atoms with van der Waals surface area (Å²) >= 11 is 7.15. The lowest BCUT2D eigenvalue weighted by Gasteiger charge is -2.10. The normalized spacial score (nSPS) is 11.5. The van der Waals surface area contributed by atoms with Crippen molar-refractivity contribution < 1.29 is 13.2 Å². The number of hydrogen-bond donors (Lipinski definition) is 2. The van der Waals surface area contributed by atoms with Gasteiger partial charge in [-0.1, -0.05) is 22.9 Å². The first kappa shape index (κ1) is 18.4. The summed E-state index contributed by atoms with van der Waals surface area (Å²) in [6, 6.07) is 9.39. The van der Waals surface area contributed by atoms with E-state index in [2.05, 4.69) is 10.0 Å². The summed E-state index contributed by atoms with van der Waals surface area (Å²) in [5.41, 5.74) is 1.64. The number of hydrogen-bond acceptors (Lipinski definition) is 5. The summed E-state index contributed by atoms with van der Waals surface area (Å²) in [4.78, 5) is 24.1. The van der Waals surface area contributed by atoms with Crippen molar-refractivity contribution in [3.63, 3.8) is 0 Å². The number of aryl methyl sites for hydroxylation is 1. The molecule has 1 heterocycles. The number of nitrogens with one attached hydrogen (secondary N) is 2. The number of halogens is 1. The van der Waals surface area contributed by atoms with Crippen LogP contribution in [0.2, 0.25) is 5.02 Å². The van der Waals surface area contributed by atoms with Crippen LogP contribution < -0.4 is 14.9 Å². The molecule has 3 aromatic rings. The first-order valence-corrected chi connectivity index (χ1v) is 10.4. The van der Waals surface area contributed by atoms with E-state index >= 15 is 0 Å². The Kier molecular flexibility index (Phi) is 4.78. The maximum Gasteiger partial charge on any atom is 0.307 e. The second kappa shape index (κ2) is 6.75. The van der Waals surface area contributed by atoms with Gasteiger partial charge in [0.25, 0.3) is 5.91 Å². The standard InChI is InChI=1S/C16H14ClN3O4S2/c1-20-13-6-4-9(8-14(13)25-16(20)22)18-15(21)11-7-10(3-5-12(11)17)19-26(2,23)24/h3-8,19H,1-2H3,(H,18,21). The molecule has 2 aromatic carbocycles. The number of carbonyl (C=O) groups excluding carboxylic acids is 1. The average molecular weight is 412 g/mol. The Morgan fingerprint density at radius 1 is 1.15 bits per heavy atom. The Morgan fingerprint density at radius 2 is 1.85 bits per heavy atom. The van der Waals surface area contributed by atoms with Crippen LogP contribution in [0.4, 0.5) is 11.4 Å². The molecular formula is C16H14ClN3O4S2. The third kappa shape index (κ3) is 3.90. The van der Waals surface area contributed by atoms with Gasteiger partial charge in [-0.3, -0.25) is 14.3 Å². The monoisotopic (exact) mass is 411 g/mol. The van der Waals surface area contributed by atoms with E-state index in [9.17, 15) is 18.0 Å². The molecule has 0 atom stereocenters. The smallest absolute Gasteiger partial charge is 0.307 e. The second-order valence-electron chi connectivity index (χ2n) is 5.63. The minimum absolute atomic E-state index is 0.0916. The van der Waals surface area contributed by atoms with E-state index in [0.29, 0.717) is 5.69 Å². The first-order chi connectivity index (χ1) is 12.1. The molecule has 136 valence electrons. The highest BCUT2D eigenvalue weighted by molar-refractivity contribution is 7.92. The molecule has 26 heavy (non-hydrogen) atoms. The lowest BCUT2D eigenvalue weighted by molar-refractivity contribution is 0.102. The molecule has 0 aliphatic carbocycles. The van der Waals surface area contributed by atoms with E-state index in [4.69, 9.17) is 11.6 Å². The van der Waals surface area contributed by atoms with Crippen LogP contribution in [0.15, 0.2) is 41.2 Å². The van der Waals surface area contributed by atoms with Crippen molar-refractivity contribution in [2.45, 2.75) is 0 Å². The van der Waals surface area contributed by atoms with Crippen molar-refractivity contribution >= 4 is 60.5 Å². The topological polar surface area (TPSA) is 97.3 Å². The van der Waals surface area contributed by atoms with Gasteiger partial charge < -0.3 is 9.88 Å². The Labute approximate surface area is 158 Å². The van der Waals surface area contributed by atoms with Crippen molar-refractivity contribution in [1.29, 1.82) is 0 Å². The molecule has 0 bridgehead atoms. The molecule has 0 aliphatic heterocycles. The summed E-state index contributed by atoms with van der Waals surface area (Å²) < 4.78 is 27.3. The Balaban J connectivity index is 1.90. The molecule has 10 heteroatoms. The second-order valence-corrected chi connectivity index (χ2v) is 8.78. The fourth-order valence-electron chi connectivity index (χ4n) is 2.39. The third-order valence-corrected chi connectivity index (χ3v) is 5.50. The molecule has 0 saturated carbocycles. The van der Waals surface area contributed by atoms with Gasteiger partial charge in [0.2, 0.25) is 10.0 Å². The molecule has 1 aromatic heterocycles. The third-order valence-electron chi connectivity index (χ3n) is 3.56. The van der Waals surface area contributed by atoms with Crippen LogP contribution in [0, 0.1) is 0 Å². The number of nitrogens with zero attached hydrogens (tertiary/aromatic N) is 1. The molecule has 0 unspecified atom stereocenters. The number of anilines is 2. The van der Waals surface area contributed by atoms with Crippen LogP contribution in [0.25, 0.3) is 10.2 Å². The molecule has 0 fully saturated rings. The van der Waals surface area contributed by atoms with Gasteiger partial charge in [0.05, 0.1) is 27.1 Å². The molecule has 0 saturated heterocycles. The minimum Gasteiger partial charge on any atom is -0.322 e. The number of sulfonamides is 1. The largest absolute Gasteiger partial charge is 0.322 e. The average Bonchev–Trinajstić information content (AvgIpc) is 2.82. The van der Waals surface area contributed by atoms with Gasteiger partial charge in [0.15, 0.2) is 0 Å². The number of fused-ring (bicyclic) bond motifs is 1. The van der Waals surface area contributed by atoms with Gasteiger partial charge in [-0.05, 0) is 36.4 Å². The predicted molar refractivity (Wildman–Crippen MR) is 105 cm³/mol. The van der Waals surface area contributed by atoms with Crippen LogP contribution in [-0.2, 0) is 17.1 Å². The SMILES string of the molecule is Cn1c(=O)sc2cc(NC(=O)c3cc(NS(C)(=O)=O)ccc3Cl)ccc21. The van der Waals surface area contributed by atoms with Crippen LogP contribution in [0.1, 0.15) is 10.4 Å². The lowest BCUT2D eigenvalue weighted by atomic mass is 10.2. The first-order valence-electron chi connectivity index (χ1n) is 7.32. The molecule has 1 amide bonds. The van der Waals surface area contributed by atoms with E-state index in [1.54, 1.807) is 25.2 Å². The molecular weight excluding hydrogens is 398 g/mol. The van der Waals surface area contributed by atoms with Crippen molar-refractivity contribution in [2.24, 2.45) is 7.05 Å².